The van der Waals surface area contributed by atoms with Crippen LogP contribution in [-0.2, 0) is 4.74 Å². The molecule has 0 bridgehead atoms. The minimum absolute atomic E-state index is 0.0446. The lowest BCUT2D eigenvalue weighted by molar-refractivity contribution is 0.319. The van der Waals surface area contributed by atoms with Gasteiger partial charge < -0.3 is 4.74 Å². The van der Waals surface area contributed by atoms with E-state index in [0.29, 0.717) is 0 Å². The quantitative estimate of drug-likeness (QED) is 0.293. The van der Waals surface area contributed by atoms with E-state index in [1.165, 1.54) is 6.92 Å². The number of rotatable bonds is 2. The molecule has 2 nitrogen and oxygen atoms in total. The van der Waals surface area contributed by atoms with Crippen molar-refractivity contribution in [1.29, 1.82) is 5.41 Å². The van der Waals surface area contributed by atoms with Gasteiger partial charge in [-0.2, -0.15) is 0 Å². The predicted molar refractivity (Wildman–Crippen MR) is 52.4 cm³/mol. The van der Waals surface area contributed by atoms with Crippen molar-refractivity contribution in [3.8, 4) is 0 Å². The van der Waals surface area contributed by atoms with E-state index in [4.69, 9.17) is 5.41 Å². The predicted octanol–water partition coefficient (Wildman–Crippen LogP) is 3.37. The van der Waals surface area contributed by atoms with E-state index in [1.807, 2.05) is 0 Å². The summed E-state index contributed by atoms with van der Waals surface area (Å²) in [5.74, 6) is -7.48. The van der Waals surface area contributed by atoms with E-state index >= 15 is 0 Å². The van der Waals surface area contributed by atoms with Gasteiger partial charge in [-0.25, -0.2) is 17.6 Å². The van der Waals surface area contributed by atoms with Gasteiger partial charge in [0.1, 0.15) is 5.56 Å². The van der Waals surface area contributed by atoms with Crippen LogP contribution in [0.25, 0.3) is 0 Å². The molecule has 0 aromatic heterocycles. The molecule has 1 rings (SSSR count). The first-order chi connectivity index (χ1) is 7.41. The molecule has 7 heteroatoms. The molecule has 0 aliphatic carbocycles. The van der Waals surface area contributed by atoms with Crippen molar-refractivity contribution in [1.82, 2.24) is 0 Å². The zero-order valence-electron chi connectivity index (χ0n) is 8.01. The lowest BCUT2D eigenvalue weighted by Crippen LogP contribution is -2.14. The van der Waals surface area contributed by atoms with Crippen molar-refractivity contribution in [2.24, 2.45) is 0 Å². The first kappa shape index (κ1) is 13.0. The van der Waals surface area contributed by atoms with Gasteiger partial charge in [0.15, 0.2) is 23.3 Å². The summed E-state index contributed by atoms with van der Waals surface area (Å²) in [5, 5.41) is 7.12. The van der Waals surface area contributed by atoms with Crippen molar-refractivity contribution < 1.29 is 22.3 Å². The van der Waals surface area contributed by atoms with Crippen molar-refractivity contribution in [2.75, 3.05) is 6.61 Å². The third-order valence-corrected chi connectivity index (χ3v) is 2.42. The maximum Gasteiger partial charge on any atom is 0.219 e. The Kier molecular flexibility index (Phi) is 3.90. The second kappa shape index (κ2) is 4.82. The molecule has 0 atom stereocenters. The number of benzene rings is 1. The van der Waals surface area contributed by atoms with Gasteiger partial charge in [-0.1, -0.05) is 0 Å². The van der Waals surface area contributed by atoms with Crippen molar-refractivity contribution in [3.63, 3.8) is 0 Å². The van der Waals surface area contributed by atoms with Crippen molar-refractivity contribution in [3.05, 3.63) is 33.3 Å². The second-order valence-corrected chi connectivity index (χ2v) is 3.50. The Balaban J connectivity index is 3.45. The van der Waals surface area contributed by atoms with Crippen molar-refractivity contribution >= 4 is 21.8 Å². The van der Waals surface area contributed by atoms with Crippen LogP contribution >= 0.6 is 15.9 Å². The van der Waals surface area contributed by atoms with E-state index in [1.54, 1.807) is 0 Å². The smallest absolute Gasteiger partial charge is 0.219 e. The molecule has 0 amide bonds. The molecule has 0 unspecified atom stereocenters. The highest BCUT2D eigenvalue weighted by Gasteiger charge is 2.27. The lowest BCUT2D eigenvalue weighted by atomic mass is 10.1. The standard InChI is InChI=1S/C9H6BrF4NO/c1-2-16-9(15)3-5(11)7(13)4(10)8(14)6(3)12/h15H,2H2,1H3. The van der Waals surface area contributed by atoms with E-state index in [9.17, 15) is 17.6 Å². The average Bonchev–Trinajstić information content (AvgIpc) is 2.24. The summed E-state index contributed by atoms with van der Waals surface area (Å²) < 4.78 is 56.1. The van der Waals surface area contributed by atoms with Gasteiger partial charge in [0.05, 0.1) is 11.1 Å². The average molecular weight is 300 g/mol. The van der Waals surface area contributed by atoms with Gasteiger partial charge in [-0.05, 0) is 22.9 Å². The first-order valence-electron chi connectivity index (χ1n) is 4.14. The molecular formula is C9H6BrF4NO. The minimum Gasteiger partial charge on any atom is -0.478 e. The molecule has 0 heterocycles. The van der Waals surface area contributed by atoms with E-state index < -0.39 is 39.2 Å². The fraction of sp³-hybridized carbons (Fsp3) is 0.222. The fourth-order valence-electron chi connectivity index (χ4n) is 1.02. The largest absolute Gasteiger partial charge is 0.478 e. The van der Waals surface area contributed by atoms with Crippen LogP contribution in [0.2, 0.25) is 0 Å². The third kappa shape index (κ3) is 2.04. The Morgan fingerprint density at radius 3 is 1.94 bits per heavy atom. The van der Waals surface area contributed by atoms with Gasteiger partial charge in [0.2, 0.25) is 5.90 Å². The third-order valence-electron chi connectivity index (χ3n) is 1.73. The summed E-state index contributed by atoms with van der Waals surface area (Å²) in [4.78, 5) is 0. The second-order valence-electron chi connectivity index (χ2n) is 2.71. The Labute approximate surface area is 96.9 Å². The molecule has 0 spiro atoms. The molecular weight excluding hydrogens is 294 g/mol. The first-order valence-corrected chi connectivity index (χ1v) is 4.94. The van der Waals surface area contributed by atoms with Crippen LogP contribution in [0.3, 0.4) is 0 Å². The number of ether oxygens (including phenoxy) is 1. The minimum atomic E-state index is -1.66. The van der Waals surface area contributed by atoms with Crippen molar-refractivity contribution in [2.45, 2.75) is 6.92 Å². The molecule has 16 heavy (non-hydrogen) atoms. The Morgan fingerprint density at radius 2 is 1.56 bits per heavy atom. The van der Waals surface area contributed by atoms with Gasteiger partial charge in [-0.15, -0.1) is 0 Å². The van der Waals surface area contributed by atoms with Crippen LogP contribution in [0.4, 0.5) is 17.6 Å². The number of halogens is 5. The molecule has 0 saturated carbocycles. The van der Waals surface area contributed by atoms with Gasteiger partial charge in [0, 0.05) is 0 Å². The van der Waals surface area contributed by atoms with Crippen LogP contribution in [0.1, 0.15) is 12.5 Å². The summed E-state index contributed by atoms with van der Waals surface area (Å²) >= 11 is 2.36. The summed E-state index contributed by atoms with van der Waals surface area (Å²) in [6, 6.07) is 0. The van der Waals surface area contributed by atoms with Crippen LogP contribution in [-0.4, -0.2) is 12.5 Å². The Bertz CT molecular complexity index is 421. The van der Waals surface area contributed by atoms with Gasteiger partial charge >= 0.3 is 0 Å². The van der Waals surface area contributed by atoms with Crippen LogP contribution < -0.4 is 0 Å². The highest BCUT2D eigenvalue weighted by atomic mass is 79.9. The summed E-state index contributed by atoms with van der Waals surface area (Å²) in [6.07, 6.45) is 0. The van der Waals surface area contributed by atoms with E-state index in [-0.39, 0.29) is 6.61 Å². The summed E-state index contributed by atoms with van der Waals surface area (Å²) in [7, 11) is 0. The summed E-state index contributed by atoms with van der Waals surface area (Å²) in [5.41, 5.74) is -1.15. The maximum absolute atomic E-state index is 13.2. The normalized spacial score (nSPS) is 10.4. The fourth-order valence-corrected chi connectivity index (χ4v) is 1.37. The molecule has 1 aromatic carbocycles. The number of hydrogen-bond donors (Lipinski definition) is 1. The van der Waals surface area contributed by atoms with Gasteiger partial charge in [0.25, 0.3) is 0 Å². The molecule has 0 saturated heterocycles. The highest BCUT2D eigenvalue weighted by molar-refractivity contribution is 9.10. The van der Waals surface area contributed by atoms with Crippen LogP contribution in [0.15, 0.2) is 4.47 Å². The zero-order chi connectivity index (χ0) is 12.5. The maximum atomic E-state index is 13.2. The molecule has 88 valence electrons. The van der Waals surface area contributed by atoms with E-state index in [0.717, 1.165) is 0 Å². The molecule has 0 aliphatic rings. The summed E-state index contributed by atoms with van der Waals surface area (Å²) in [6.45, 7) is 1.42. The zero-order valence-corrected chi connectivity index (χ0v) is 9.59. The highest BCUT2D eigenvalue weighted by Crippen LogP contribution is 2.28. The number of nitrogens with one attached hydrogen (secondary N) is 1. The van der Waals surface area contributed by atoms with Gasteiger partial charge in [-0.3, -0.25) is 5.41 Å². The Morgan fingerprint density at radius 1 is 1.12 bits per heavy atom. The number of hydrogen-bond acceptors (Lipinski definition) is 2. The molecule has 1 N–H and O–H groups in total. The lowest BCUT2D eigenvalue weighted by Gasteiger charge is -2.09. The molecule has 0 radical (unpaired) electrons. The molecule has 0 fully saturated rings. The van der Waals surface area contributed by atoms with E-state index in [2.05, 4.69) is 20.7 Å². The monoisotopic (exact) mass is 299 g/mol. The van der Waals surface area contributed by atoms with Crippen LogP contribution in [0, 0.1) is 28.7 Å². The SMILES string of the molecule is CCOC(=N)c1c(F)c(F)c(Br)c(F)c1F. The Hall–Kier alpha value is -1.11. The van der Waals surface area contributed by atoms with Crippen LogP contribution in [0.5, 0.6) is 0 Å². The topological polar surface area (TPSA) is 33.1 Å². The molecule has 0 aliphatic heterocycles. The molecule has 1 aromatic rings.